The van der Waals surface area contributed by atoms with Crippen molar-refractivity contribution < 1.29 is 23.0 Å². The molecule has 0 heterocycles. The minimum Gasteiger partial charge on any atom is -0.493 e. The van der Waals surface area contributed by atoms with Crippen molar-refractivity contribution in [3.63, 3.8) is 0 Å². The highest BCUT2D eigenvalue weighted by Gasteiger charge is 2.27. The molecule has 0 unspecified atom stereocenters. The summed E-state index contributed by atoms with van der Waals surface area (Å²) in [7, 11) is 1.45. The number of amides is 1. The largest absolute Gasteiger partial charge is 0.493 e. The van der Waals surface area contributed by atoms with Crippen LogP contribution in [0.3, 0.4) is 0 Å². The molecule has 3 N–H and O–H groups in total. The fraction of sp³-hybridized carbons (Fsp3) is 0.533. The number of methoxy groups -OCH3 is 1. The van der Waals surface area contributed by atoms with Crippen LogP contribution in [0.4, 0.5) is 8.78 Å². The Bertz CT molecular complexity index is 513. The first-order chi connectivity index (χ1) is 10.3. The fourth-order valence-electron chi connectivity index (χ4n) is 1.57. The molecule has 132 valence electrons. The first-order valence-electron chi connectivity index (χ1n) is 6.96. The average Bonchev–Trinajstić information content (AvgIpc) is 2.50. The van der Waals surface area contributed by atoms with Gasteiger partial charge in [-0.05, 0) is 24.1 Å². The zero-order valence-corrected chi connectivity index (χ0v) is 14.2. The van der Waals surface area contributed by atoms with E-state index in [1.54, 1.807) is 6.07 Å². The van der Waals surface area contributed by atoms with Gasteiger partial charge in [0.25, 0.3) is 11.8 Å². The van der Waals surface area contributed by atoms with Gasteiger partial charge in [0.1, 0.15) is 0 Å². The Morgan fingerprint density at radius 2 is 2.00 bits per heavy atom. The molecule has 5 nitrogen and oxygen atoms in total. The molecule has 0 aliphatic heterocycles. The van der Waals surface area contributed by atoms with Crippen molar-refractivity contribution in [2.75, 3.05) is 26.8 Å². The molecule has 1 aromatic rings. The number of hydrogen-bond acceptors (Lipinski definition) is 4. The van der Waals surface area contributed by atoms with E-state index in [1.165, 1.54) is 19.2 Å². The van der Waals surface area contributed by atoms with E-state index < -0.39 is 24.9 Å². The fourth-order valence-corrected chi connectivity index (χ4v) is 1.57. The monoisotopic (exact) mass is 352 g/mol. The Morgan fingerprint density at radius 1 is 1.35 bits per heavy atom. The van der Waals surface area contributed by atoms with Crippen LogP contribution in [0.5, 0.6) is 11.5 Å². The van der Waals surface area contributed by atoms with Gasteiger partial charge >= 0.3 is 0 Å². The maximum absolute atomic E-state index is 13.0. The smallest absolute Gasteiger partial charge is 0.277 e. The Hall–Kier alpha value is -1.60. The zero-order chi connectivity index (χ0) is 16.8. The van der Waals surface area contributed by atoms with Crippen molar-refractivity contribution in [2.45, 2.75) is 19.8 Å². The summed E-state index contributed by atoms with van der Waals surface area (Å²) in [5.41, 5.74) is 5.13. The second kappa shape index (κ2) is 9.52. The van der Waals surface area contributed by atoms with E-state index in [0.717, 1.165) is 0 Å². The predicted octanol–water partition coefficient (Wildman–Crippen LogP) is 2.48. The molecule has 0 aliphatic carbocycles. The molecular formula is C15H23ClF2N2O3. The van der Waals surface area contributed by atoms with Crippen LogP contribution < -0.4 is 20.5 Å². The quantitative estimate of drug-likeness (QED) is 0.753. The van der Waals surface area contributed by atoms with Crippen molar-refractivity contribution in [1.82, 2.24) is 5.32 Å². The Morgan fingerprint density at radius 3 is 2.52 bits per heavy atom. The Kier molecular flexibility index (Phi) is 8.86. The molecule has 1 rings (SSSR count). The van der Waals surface area contributed by atoms with Gasteiger partial charge in [-0.15, -0.1) is 12.4 Å². The van der Waals surface area contributed by atoms with E-state index in [9.17, 15) is 13.6 Å². The van der Waals surface area contributed by atoms with Crippen molar-refractivity contribution in [1.29, 1.82) is 0 Å². The number of nitrogens with two attached hydrogens (primary N) is 1. The minimum absolute atomic E-state index is 0. The lowest BCUT2D eigenvalue weighted by atomic mass is 10.1. The third kappa shape index (κ3) is 7.00. The summed E-state index contributed by atoms with van der Waals surface area (Å²) in [4.78, 5) is 11.9. The van der Waals surface area contributed by atoms with E-state index in [2.05, 4.69) is 5.32 Å². The molecule has 0 bridgehead atoms. The van der Waals surface area contributed by atoms with E-state index in [0.29, 0.717) is 24.0 Å². The summed E-state index contributed by atoms with van der Waals surface area (Å²) in [6.07, 6.45) is 0. The van der Waals surface area contributed by atoms with E-state index >= 15 is 0 Å². The third-order valence-electron chi connectivity index (χ3n) is 2.80. The summed E-state index contributed by atoms with van der Waals surface area (Å²) < 4.78 is 36.8. The van der Waals surface area contributed by atoms with Crippen LogP contribution in [0.25, 0.3) is 0 Å². The van der Waals surface area contributed by atoms with Gasteiger partial charge < -0.3 is 20.5 Å². The van der Waals surface area contributed by atoms with Crippen molar-refractivity contribution in [3.05, 3.63) is 23.8 Å². The van der Waals surface area contributed by atoms with E-state index in [1.807, 2.05) is 13.8 Å². The number of nitrogens with one attached hydrogen (secondary N) is 1. The number of rotatable bonds is 8. The first-order valence-corrected chi connectivity index (χ1v) is 6.96. The third-order valence-corrected chi connectivity index (χ3v) is 2.80. The number of ether oxygens (including phenoxy) is 2. The number of halogens is 3. The van der Waals surface area contributed by atoms with Crippen molar-refractivity contribution in [3.8, 4) is 11.5 Å². The van der Waals surface area contributed by atoms with Gasteiger partial charge in [0, 0.05) is 5.56 Å². The summed E-state index contributed by atoms with van der Waals surface area (Å²) in [5, 5.41) is 2.15. The van der Waals surface area contributed by atoms with Gasteiger partial charge in [0.05, 0.1) is 26.8 Å². The standard InChI is InChI=1S/C15H22F2N2O3.ClH/c1-10(2)7-22-12-5-4-11(6-13(12)21-3)14(20)19-9-15(16,17)8-18;/h4-6,10H,7-9,18H2,1-3H3,(H,19,20);1H. The highest BCUT2D eigenvalue weighted by molar-refractivity contribution is 5.94. The zero-order valence-electron chi connectivity index (χ0n) is 13.4. The van der Waals surface area contributed by atoms with Gasteiger partial charge in [-0.3, -0.25) is 4.79 Å². The lowest BCUT2D eigenvalue weighted by Gasteiger charge is -2.16. The van der Waals surface area contributed by atoms with Crippen LogP contribution in [-0.4, -0.2) is 38.6 Å². The number of hydrogen-bond donors (Lipinski definition) is 2. The minimum atomic E-state index is -3.12. The second-order valence-corrected chi connectivity index (χ2v) is 5.31. The van der Waals surface area contributed by atoms with Gasteiger partial charge in [0.2, 0.25) is 0 Å². The van der Waals surface area contributed by atoms with Crippen LogP contribution in [0.1, 0.15) is 24.2 Å². The lowest BCUT2D eigenvalue weighted by molar-refractivity contribution is 0.0118. The highest BCUT2D eigenvalue weighted by atomic mass is 35.5. The van der Waals surface area contributed by atoms with Crippen LogP contribution >= 0.6 is 12.4 Å². The molecule has 0 atom stereocenters. The SMILES string of the molecule is COc1cc(C(=O)NCC(F)(F)CN)ccc1OCC(C)C.Cl. The first kappa shape index (κ1) is 21.4. The van der Waals surface area contributed by atoms with Crippen LogP contribution in [-0.2, 0) is 0 Å². The topological polar surface area (TPSA) is 73.6 Å². The van der Waals surface area contributed by atoms with Crippen molar-refractivity contribution in [2.24, 2.45) is 11.7 Å². The Balaban J connectivity index is 0.00000484. The van der Waals surface area contributed by atoms with Crippen LogP contribution in [0.2, 0.25) is 0 Å². The van der Waals surface area contributed by atoms with E-state index in [4.69, 9.17) is 15.2 Å². The molecule has 0 aromatic heterocycles. The summed E-state index contributed by atoms with van der Waals surface area (Å²) in [6.45, 7) is 2.89. The van der Waals surface area contributed by atoms with Gasteiger partial charge in [0.15, 0.2) is 11.5 Å². The molecule has 1 amide bonds. The predicted molar refractivity (Wildman–Crippen MR) is 86.9 cm³/mol. The van der Waals surface area contributed by atoms with Gasteiger partial charge in [-0.25, -0.2) is 8.78 Å². The molecular weight excluding hydrogens is 330 g/mol. The van der Waals surface area contributed by atoms with Crippen molar-refractivity contribution >= 4 is 18.3 Å². The summed E-state index contributed by atoms with van der Waals surface area (Å²) >= 11 is 0. The number of benzene rings is 1. The summed E-state index contributed by atoms with van der Waals surface area (Å²) in [5.74, 6) is -2.54. The second-order valence-electron chi connectivity index (χ2n) is 5.31. The molecule has 0 saturated heterocycles. The Labute approximate surface area is 140 Å². The molecule has 1 aromatic carbocycles. The maximum atomic E-state index is 13.0. The maximum Gasteiger partial charge on any atom is 0.277 e. The number of alkyl halides is 2. The van der Waals surface area contributed by atoms with Crippen LogP contribution in [0.15, 0.2) is 18.2 Å². The molecule has 0 saturated carbocycles. The normalized spacial score (nSPS) is 10.9. The van der Waals surface area contributed by atoms with E-state index in [-0.39, 0.29) is 18.0 Å². The lowest BCUT2D eigenvalue weighted by Crippen LogP contribution is -2.41. The molecule has 8 heteroatoms. The molecule has 0 aliphatic rings. The summed E-state index contributed by atoms with van der Waals surface area (Å²) in [6, 6.07) is 4.52. The molecule has 23 heavy (non-hydrogen) atoms. The molecule has 0 spiro atoms. The number of carbonyl (C=O) groups excluding carboxylic acids is 1. The highest BCUT2D eigenvalue weighted by Crippen LogP contribution is 2.28. The van der Waals surface area contributed by atoms with Gasteiger partial charge in [-0.2, -0.15) is 0 Å². The molecule has 0 fully saturated rings. The molecule has 0 radical (unpaired) electrons. The average molecular weight is 353 g/mol. The number of carbonyl (C=O) groups is 1. The van der Waals surface area contributed by atoms with Gasteiger partial charge in [-0.1, -0.05) is 13.8 Å². The van der Waals surface area contributed by atoms with Crippen LogP contribution in [0, 0.1) is 5.92 Å².